The maximum Gasteiger partial charge on any atom is 0.186 e. The summed E-state index contributed by atoms with van der Waals surface area (Å²) >= 11 is 5.88. The zero-order valence-electron chi connectivity index (χ0n) is 11.8. The van der Waals surface area contributed by atoms with Crippen molar-refractivity contribution in [2.24, 2.45) is 0 Å². The molecule has 1 aromatic heterocycles. The SMILES string of the molecule is N#Cc1nnc2ccccc2c1NCCc1ccc(Cl)cc1. The number of nitrogens with one attached hydrogen (secondary N) is 1. The molecule has 0 spiro atoms. The molecule has 5 heteroatoms. The first-order valence-corrected chi connectivity index (χ1v) is 7.29. The summed E-state index contributed by atoms with van der Waals surface area (Å²) in [6, 6.07) is 17.5. The van der Waals surface area contributed by atoms with Gasteiger partial charge in [-0.3, -0.25) is 0 Å². The Hall–Kier alpha value is -2.64. The minimum atomic E-state index is 0.315. The van der Waals surface area contributed by atoms with Crippen LogP contribution in [0.5, 0.6) is 0 Å². The van der Waals surface area contributed by atoms with Gasteiger partial charge in [0.25, 0.3) is 0 Å². The highest BCUT2D eigenvalue weighted by Crippen LogP contribution is 2.23. The zero-order chi connectivity index (χ0) is 15.4. The zero-order valence-corrected chi connectivity index (χ0v) is 12.5. The Kier molecular flexibility index (Phi) is 4.17. The van der Waals surface area contributed by atoms with Crippen LogP contribution in [-0.2, 0) is 6.42 Å². The number of nitriles is 1. The monoisotopic (exact) mass is 308 g/mol. The van der Waals surface area contributed by atoms with Gasteiger partial charge < -0.3 is 5.32 Å². The molecular formula is C17H13ClN4. The summed E-state index contributed by atoms with van der Waals surface area (Å²) in [7, 11) is 0. The molecule has 0 unspecified atom stereocenters. The Labute approximate surface area is 133 Å². The largest absolute Gasteiger partial charge is 0.382 e. The molecule has 0 bridgehead atoms. The molecule has 1 N–H and O–H groups in total. The molecule has 3 aromatic rings. The van der Waals surface area contributed by atoms with Crippen LogP contribution in [0.2, 0.25) is 5.02 Å². The van der Waals surface area contributed by atoms with E-state index in [1.165, 1.54) is 5.56 Å². The van der Waals surface area contributed by atoms with E-state index in [-0.39, 0.29) is 0 Å². The summed E-state index contributed by atoms with van der Waals surface area (Å²) in [5.41, 5.74) is 3.01. The molecule has 0 aliphatic rings. The van der Waals surface area contributed by atoms with Crippen LogP contribution >= 0.6 is 11.6 Å². The molecule has 0 aliphatic heterocycles. The summed E-state index contributed by atoms with van der Waals surface area (Å²) in [6.45, 7) is 0.700. The average molecular weight is 309 g/mol. The lowest BCUT2D eigenvalue weighted by Gasteiger charge is -2.10. The second-order valence-corrected chi connectivity index (χ2v) is 5.29. The third kappa shape index (κ3) is 3.00. The summed E-state index contributed by atoms with van der Waals surface area (Å²) in [5, 5.41) is 22.2. The van der Waals surface area contributed by atoms with Gasteiger partial charge >= 0.3 is 0 Å². The van der Waals surface area contributed by atoms with Gasteiger partial charge in [0.1, 0.15) is 6.07 Å². The van der Waals surface area contributed by atoms with Gasteiger partial charge in [0.05, 0.1) is 11.2 Å². The van der Waals surface area contributed by atoms with Crippen molar-refractivity contribution >= 4 is 28.2 Å². The topological polar surface area (TPSA) is 61.6 Å². The molecule has 2 aromatic carbocycles. The smallest absolute Gasteiger partial charge is 0.186 e. The molecule has 0 aliphatic carbocycles. The van der Waals surface area contributed by atoms with Gasteiger partial charge in [-0.2, -0.15) is 5.26 Å². The number of hydrogen-bond donors (Lipinski definition) is 1. The first kappa shape index (κ1) is 14.3. The number of benzene rings is 2. The third-order valence-corrected chi connectivity index (χ3v) is 3.65. The van der Waals surface area contributed by atoms with E-state index in [0.29, 0.717) is 12.2 Å². The van der Waals surface area contributed by atoms with Gasteiger partial charge in [-0.15, -0.1) is 10.2 Å². The van der Waals surface area contributed by atoms with E-state index in [0.717, 1.165) is 28.0 Å². The molecule has 0 radical (unpaired) electrons. The molecule has 0 fully saturated rings. The minimum absolute atomic E-state index is 0.315. The Morgan fingerprint density at radius 2 is 1.82 bits per heavy atom. The Morgan fingerprint density at radius 1 is 1.05 bits per heavy atom. The van der Waals surface area contributed by atoms with E-state index in [4.69, 9.17) is 11.6 Å². The van der Waals surface area contributed by atoms with Crippen molar-refractivity contribution in [3.63, 3.8) is 0 Å². The molecule has 0 saturated heterocycles. The van der Waals surface area contributed by atoms with Gasteiger partial charge in [-0.05, 0) is 30.2 Å². The summed E-state index contributed by atoms with van der Waals surface area (Å²) in [4.78, 5) is 0. The number of aromatic nitrogens is 2. The third-order valence-electron chi connectivity index (χ3n) is 3.40. The summed E-state index contributed by atoms with van der Waals surface area (Å²) < 4.78 is 0. The van der Waals surface area contributed by atoms with Crippen molar-refractivity contribution in [2.75, 3.05) is 11.9 Å². The number of hydrogen-bond acceptors (Lipinski definition) is 4. The van der Waals surface area contributed by atoms with Gasteiger partial charge in [0.2, 0.25) is 0 Å². The van der Waals surface area contributed by atoms with Crippen molar-refractivity contribution in [2.45, 2.75) is 6.42 Å². The Morgan fingerprint density at radius 3 is 2.59 bits per heavy atom. The van der Waals surface area contributed by atoms with E-state index in [9.17, 15) is 5.26 Å². The second-order valence-electron chi connectivity index (χ2n) is 4.86. The van der Waals surface area contributed by atoms with Gasteiger partial charge in [-0.25, -0.2) is 0 Å². The maximum atomic E-state index is 9.22. The summed E-state index contributed by atoms with van der Waals surface area (Å²) in [6.07, 6.45) is 0.832. The molecule has 0 amide bonds. The predicted molar refractivity (Wildman–Crippen MR) is 87.9 cm³/mol. The average Bonchev–Trinajstić information content (AvgIpc) is 2.56. The number of nitrogens with zero attached hydrogens (tertiary/aromatic N) is 3. The van der Waals surface area contributed by atoms with Crippen LogP contribution in [0.3, 0.4) is 0 Å². The Bertz CT molecular complexity index is 837. The lowest BCUT2D eigenvalue weighted by atomic mass is 10.1. The first-order valence-electron chi connectivity index (χ1n) is 6.92. The van der Waals surface area contributed by atoms with Crippen molar-refractivity contribution < 1.29 is 0 Å². The maximum absolute atomic E-state index is 9.22. The van der Waals surface area contributed by atoms with E-state index in [2.05, 4.69) is 21.6 Å². The van der Waals surface area contributed by atoms with Gasteiger partial charge in [0, 0.05) is 17.0 Å². The Balaban J connectivity index is 1.81. The fourth-order valence-electron chi connectivity index (χ4n) is 2.29. The lowest BCUT2D eigenvalue weighted by Crippen LogP contribution is -2.08. The van der Waals surface area contributed by atoms with E-state index in [1.54, 1.807) is 0 Å². The van der Waals surface area contributed by atoms with E-state index in [1.807, 2.05) is 48.5 Å². The highest BCUT2D eigenvalue weighted by molar-refractivity contribution is 6.30. The molecular weight excluding hydrogens is 296 g/mol. The van der Waals surface area contributed by atoms with Crippen LogP contribution in [0.1, 0.15) is 11.3 Å². The molecule has 22 heavy (non-hydrogen) atoms. The van der Waals surface area contributed by atoms with Crippen LogP contribution < -0.4 is 5.32 Å². The van der Waals surface area contributed by atoms with Crippen LogP contribution in [-0.4, -0.2) is 16.7 Å². The fourth-order valence-corrected chi connectivity index (χ4v) is 2.42. The van der Waals surface area contributed by atoms with Crippen LogP contribution in [0.15, 0.2) is 48.5 Å². The molecule has 108 valence electrons. The highest BCUT2D eigenvalue weighted by atomic mass is 35.5. The minimum Gasteiger partial charge on any atom is -0.382 e. The standard InChI is InChI=1S/C17H13ClN4/c18-13-7-5-12(6-8-13)9-10-20-17-14-3-1-2-4-15(14)21-22-16(17)11-19/h1-8H,9-10H2,(H,20,21). The van der Waals surface area contributed by atoms with Crippen molar-refractivity contribution in [3.8, 4) is 6.07 Å². The summed E-state index contributed by atoms with van der Waals surface area (Å²) in [5.74, 6) is 0. The van der Waals surface area contributed by atoms with Crippen molar-refractivity contribution in [3.05, 3.63) is 64.8 Å². The van der Waals surface area contributed by atoms with E-state index >= 15 is 0 Å². The van der Waals surface area contributed by atoms with Crippen molar-refractivity contribution in [1.82, 2.24) is 10.2 Å². The normalized spacial score (nSPS) is 10.4. The number of fused-ring (bicyclic) bond motifs is 1. The van der Waals surface area contributed by atoms with Gasteiger partial charge in [-0.1, -0.05) is 41.9 Å². The molecule has 3 rings (SSSR count). The quantitative estimate of drug-likeness (QED) is 0.796. The van der Waals surface area contributed by atoms with E-state index < -0.39 is 0 Å². The second kappa shape index (κ2) is 6.42. The number of halogens is 1. The number of anilines is 1. The molecule has 4 nitrogen and oxygen atoms in total. The predicted octanol–water partition coefficient (Wildman–Crippen LogP) is 3.81. The lowest BCUT2D eigenvalue weighted by molar-refractivity contribution is 1.00. The number of rotatable bonds is 4. The molecule has 0 saturated carbocycles. The molecule has 0 atom stereocenters. The first-order chi connectivity index (χ1) is 10.8. The van der Waals surface area contributed by atoms with Crippen LogP contribution in [0, 0.1) is 11.3 Å². The van der Waals surface area contributed by atoms with Gasteiger partial charge in [0.15, 0.2) is 5.69 Å². The van der Waals surface area contributed by atoms with Crippen LogP contribution in [0.4, 0.5) is 5.69 Å². The van der Waals surface area contributed by atoms with Crippen molar-refractivity contribution in [1.29, 1.82) is 5.26 Å². The van der Waals surface area contributed by atoms with Crippen LogP contribution in [0.25, 0.3) is 10.9 Å². The highest BCUT2D eigenvalue weighted by Gasteiger charge is 2.09. The fraction of sp³-hybridized carbons (Fsp3) is 0.118. The molecule has 1 heterocycles.